The molecule has 3 aromatic rings. The lowest BCUT2D eigenvalue weighted by molar-refractivity contribution is 0.0951. The Bertz CT molecular complexity index is 1020. The topological polar surface area (TPSA) is 60.5 Å². The second kappa shape index (κ2) is 10.8. The molecule has 1 amide bonds. The van der Waals surface area contributed by atoms with Gasteiger partial charge in [-0.1, -0.05) is 42.5 Å². The van der Waals surface area contributed by atoms with Gasteiger partial charge in [0.25, 0.3) is 5.91 Å². The van der Waals surface area contributed by atoms with Gasteiger partial charge in [-0.05, 0) is 42.3 Å². The van der Waals surface area contributed by atoms with Crippen LogP contribution < -0.4 is 15.5 Å². The molecule has 1 fully saturated rings. The molecule has 0 bridgehead atoms. The SMILES string of the molecule is CCNC(=O)c1cc(NCc2ccccc2CN2CCN(c3ccccc3)CC2)ccn1. The van der Waals surface area contributed by atoms with Crippen LogP contribution in [0.5, 0.6) is 0 Å². The second-order valence-corrected chi connectivity index (χ2v) is 8.01. The van der Waals surface area contributed by atoms with Gasteiger partial charge < -0.3 is 15.5 Å². The molecule has 2 aromatic carbocycles. The Morgan fingerprint density at radius 2 is 1.66 bits per heavy atom. The molecule has 6 nitrogen and oxygen atoms in total. The zero-order chi connectivity index (χ0) is 22.2. The minimum absolute atomic E-state index is 0.147. The highest BCUT2D eigenvalue weighted by Gasteiger charge is 2.18. The Kier molecular flexibility index (Phi) is 7.35. The van der Waals surface area contributed by atoms with E-state index in [-0.39, 0.29) is 5.91 Å². The van der Waals surface area contributed by atoms with Gasteiger partial charge in [-0.15, -0.1) is 0 Å². The highest BCUT2D eigenvalue weighted by Crippen LogP contribution is 2.19. The summed E-state index contributed by atoms with van der Waals surface area (Å²) in [6, 6.07) is 22.9. The molecule has 0 aliphatic carbocycles. The van der Waals surface area contributed by atoms with Crippen LogP contribution in [0.2, 0.25) is 0 Å². The van der Waals surface area contributed by atoms with Gasteiger partial charge in [0.05, 0.1) is 0 Å². The molecule has 1 saturated heterocycles. The van der Waals surface area contributed by atoms with Crippen molar-refractivity contribution in [2.45, 2.75) is 20.0 Å². The first-order valence-corrected chi connectivity index (χ1v) is 11.3. The number of para-hydroxylation sites is 1. The molecule has 0 spiro atoms. The molecule has 0 saturated carbocycles. The molecule has 2 N–H and O–H groups in total. The monoisotopic (exact) mass is 429 g/mol. The summed E-state index contributed by atoms with van der Waals surface area (Å²) >= 11 is 0. The zero-order valence-corrected chi connectivity index (χ0v) is 18.6. The molecule has 1 aliphatic rings. The van der Waals surface area contributed by atoms with Crippen LogP contribution in [0.4, 0.5) is 11.4 Å². The molecule has 0 atom stereocenters. The Balaban J connectivity index is 1.35. The fraction of sp³-hybridized carbons (Fsp3) is 0.308. The average molecular weight is 430 g/mol. The molecule has 1 aromatic heterocycles. The third-order valence-corrected chi connectivity index (χ3v) is 5.82. The van der Waals surface area contributed by atoms with E-state index >= 15 is 0 Å². The van der Waals surface area contributed by atoms with Crippen LogP contribution in [-0.2, 0) is 13.1 Å². The molecule has 2 heterocycles. The number of piperazine rings is 1. The molecule has 32 heavy (non-hydrogen) atoms. The van der Waals surface area contributed by atoms with Gasteiger partial charge in [-0.3, -0.25) is 14.7 Å². The number of carbonyl (C=O) groups is 1. The lowest BCUT2D eigenvalue weighted by Crippen LogP contribution is -2.46. The van der Waals surface area contributed by atoms with Crippen LogP contribution in [0.15, 0.2) is 72.9 Å². The van der Waals surface area contributed by atoms with Crippen LogP contribution in [0, 0.1) is 0 Å². The normalized spacial score (nSPS) is 14.2. The third kappa shape index (κ3) is 5.65. The van der Waals surface area contributed by atoms with Crippen molar-refractivity contribution in [2.75, 3.05) is 42.9 Å². The van der Waals surface area contributed by atoms with Crippen LogP contribution >= 0.6 is 0 Å². The minimum atomic E-state index is -0.147. The molecule has 0 unspecified atom stereocenters. The number of benzene rings is 2. The van der Waals surface area contributed by atoms with Gasteiger partial charge >= 0.3 is 0 Å². The maximum atomic E-state index is 12.0. The number of aromatic nitrogens is 1. The summed E-state index contributed by atoms with van der Waals surface area (Å²) in [5.41, 5.74) is 5.25. The Morgan fingerprint density at radius 3 is 2.41 bits per heavy atom. The van der Waals surface area contributed by atoms with Gasteiger partial charge in [-0.25, -0.2) is 0 Å². The van der Waals surface area contributed by atoms with Gasteiger partial charge in [0.15, 0.2) is 0 Å². The van der Waals surface area contributed by atoms with Crippen molar-refractivity contribution in [3.05, 3.63) is 89.7 Å². The number of nitrogens with one attached hydrogen (secondary N) is 2. The summed E-state index contributed by atoms with van der Waals surface area (Å²) in [6.07, 6.45) is 1.67. The van der Waals surface area contributed by atoms with E-state index in [9.17, 15) is 4.79 Å². The lowest BCUT2D eigenvalue weighted by Gasteiger charge is -2.36. The van der Waals surface area contributed by atoms with E-state index in [2.05, 4.69) is 80.0 Å². The first kappa shape index (κ1) is 21.8. The summed E-state index contributed by atoms with van der Waals surface area (Å²) in [7, 11) is 0. The lowest BCUT2D eigenvalue weighted by atomic mass is 10.1. The quantitative estimate of drug-likeness (QED) is 0.571. The molecular formula is C26H31N5O. The van der Waals surface area contributed by atoms with Crippen molar-refractivity contribution in [1.29, 1.82) is 0 Å². The molecule has 6 heteroatoms. The summed E-state index contributed by atoms with van der Waals surface area (Å²) in [5.74, 6) is -0.147. The van der Waals surface area contributed by atoms with Crippen LogP contribution in [-0.4, -0.2) is 48.5 Å². The molecule has 0 radical (unpaired) electrons. The van der Waals surface area contributed by atoms with E-state index in [4.69, 9.17) is 0 Å². The maximum absolute atomic E-state index is 12.0. The maximum Gasteiger partial charge on any atom is 0.269 e. The number of carbonyl (C=O) groups excluding carboxylic acids is 1. The average Bonchev–Trinajstić information content (AvgIpc) is 2.85. The fourth-order valence-electron chi connectivity index (χ4n) is 4.04. The number of anilines is 2. The van der Waals surface area contributed by atoms with Crippen molar-refractivity contribution in [3.63, 3.8) is 0 Å². The van der Waals surface area contributed by atoms with Crippen LogP contribution in [0.3, 0.4) is 0 Å². The van der Waals surface area contributed by atoms with Gasteiger partial charge in [-0.2, -0.15) is 0 Å². The number of pyridine rings is 1. The van der Waals surface area contributed by atoms with Crippen molar-refractivity contribution >= 4 is 17.3 Å². The second-order valence-electron chi connectivity index (χ2n) is 8.01. The molecule has 1 aliphatic heterocycles. The smallest absolute Gasteiger partial charge is 0.269 e. The van der Waals surface area contributed by atoms with E-state index in [1.54, 1.807) is 12.3 Å². The highest BCUT2D eigenvalue weighted by molar-refractivity contribution is 5.93. The van der Waals surface area contributed by atoms with Crippen molar-refractivity contribution in [2.24, 2.45) is 0 Å². The van der Waals surface area contributed by atoms with Gasteiger partial charge in [0.2, 0.25) is 0 Å². The Labute approximate surface area is 190 Å². The number of amides is 1. The number of nitrogens with zero attached hydrogens (tertiary/aromatic N) is 3. The van der Waals surface area contributed by atoms with Gasteiger partial charge in [0.1, 0.15) is 5.69 Å². The molecule has 166 valence electrons. The number of rotatable bonds is 8. The summed E-state index contributed by atoms with van der Waals surface area (Å²) in [5, 5.41) is 6.25. The first-order chi connectivity index (χ1) is 15.7. The fourth-order valence-corrected chi connectivity index (χ4v) is 4.04. The standard InChI is InChI=1S/C26H31N5O/c1-2-27-26(32)25-18-23(12-13-28-25)29-19-21-8-6-7-9-22(21)20-30-14-16-31(17-15-30)24-10-4-3-5-11-24/h3-13,18H,2,14-17,19-20H2,1H3,(H,27,32)(H,28,29). The highest BCUT2D eigenvalue weighted by atomic mass is 16.1. The third-order valence-electron chi connectivity index (χ3n) is 5.82. The minimum Gasteiger partial charge on any atom is -0.381 e. The van der Waals surface area contributed by atoms with Crippen molar-refractivity contribution < 1.29 is 4.79 Å². The largest absolute Gasteiger partial charge is 0.381 e. The van der Waals surface area contributed by atoms with E-state index in [1.165, 1.54) is 16.8 Å². The first-order valence-electron chi connectivity index (χ1n) is 11.3. The van der Waals surface area contributed by atoms with E-state index in [0.29, 0.717) is 18.8 Å². The van der Waals surface area contributed by atoms with E-state index < -0.39 is 0 Å². The molecular weight excluding hydrogens is 398 g/mol. The van der Waals surface area contributed by atoms with Crippen molar-refractivity contribution in [1.82, 2.24) is 15.2 Å². The van der Waals surface area contributed by atoms with E-state index in [1.807, 2.05) is 13.0 Å². The zero-order valence-electron chi connectivity index (χ0n) is 18.6. The predicted molar refractivity (Wildman–Crippen MR) is 130 cm³/mol. The summed E-state index contributed by atoms with van der Waals surface area (Å²) in [4.78, 5) is 21.2. The van der Waals surface area contributed by atoms with Crippen LogP contribution in [0.1, 0.15) is 28.5 Å². The van der Waals surface area contributed by atoms with Crippen LogP contribution in [0.25, 0.3) is 0 Å². The number of hydrogen-bond donors (Lipinski definition) is 2. The van der Waals surface area contributed by atoms with E-state index in [0.717, 1.165) is 38.4 Å². The summed E-state index contributed by atoms with van der Waals surface area (Å²) in [6.45, 7) is 8.34. The van der Waals surface area contributed by atoms with Gasteiger partial charge in [0, 0.05) is 63.4 Å². The Morgan fingerprint density at radius 1 is 0.938 bits per heavy atom. The number of hydrogen-bond acceptors (Lipinski definition) is 5. The Hall–Kier alpha value is -3.38. The summed E-state index contributed by atoms with van der Waals surface area (Å²) < 4.78 is 0. The molecule has 4 rings (SSSR count). The predicted octanol–water partition coefficient (Wildman–Crippen LogP) is 3.77. The van der Waals surface area contributed by atoms with Crippen molar-refractivity contribution in [3.8, 4) is 0 Å².